The fourth-order valence-corrected chi connectivity index (χ4v) is 2.72. The van der Waals surface area contributed by atoms with Crippen molar-refractivity contribution in [1.82, 2.24) is 5.32 Å². The molecule has 9 heteroatoms. The van der Waals surface area contributed by atoms with Crippen molar-refractivity contribution in [2.45, 2.75) is 38.5 Å². The Balaban J connectivity index is 3.19. The monoisotopic (exact) mass is 441 g/mol. The third-order valence-electron chi connectivity index (χ3n) is 3.51. The molecule has 0 bridgehead atoms. The molecule has 0 amide bonds. The van der Waals surface area contributed by atoms with Gasteiger partial charge in [-0.1, -0.05) is 19.9 Å². The van der Waals surface area contributed by atoms with Crippen LogP contribution in [0.25, 0.3) is 0 Å². The lowest BCUT2D eigenvalue weighted by Crippen LogP contribution is -2.45. The molecule has 0 saturated heterocycles. The number of rotatable bonds is 9. The third kappa shape index (κ3) is 6.77. The van der Waals surface area contributed by atoms with Gasteiger partial charge in [0, 0.05) is 7.11 Å². The average Bonchev–Trinajstić information content (AvgIpc) is 2.56. The molecular formula is C17H23BrF3NO4. The predicted octanol–water partition coefficient (Wildman–Crippen LogP) is 4.21. The maximum atomic E-state index is 13.7. The number of halogens is 4. The number of benzene rings is 1. The molecule has 0 heterocycles. The summed E-state index contributed by atoms with van der Waals surface area (Å²) in [6.45, 7) is 3.53. The Morgan fingerprint density at radius 1 is 1.27 bits per heavy atom. The zero-order valence-corrected chi connectivity index (χ0v) is 16.6. The number of ether oxygens (including phenoxy) is 3. The lowest BCUT2D eigenvalue weighted by molar-refractivity contribution is -0.164. The molecule has 0 saturated carbocycles. The van der Waals surface area contributed by atoms with Crippen LogP contribution in [0.5, 0.6) is 5.75 Å². The van der Waals surface area contributed by atoms with Crippen LogP contribution < -0.4 is 10.1 Å². The summed E-state index contributed by atoms with van der Waals surface area (Å²) in [4.78, 5) is 11.9. The van der Waals surface area contributed by atoms with E-state index in [0.717, 1.165) is 7.11 Å². The zero-order chi connectivity index (χ0) is 19.9. The average molecular weight is 442 g/mol. The molecule has 148 valence electrons. The van der Waals surface area contributed by atoms with Crippen LogP contribution in [-0.4, -0.2) is 39.2 Å². The van der Waals surface area contributed by atoms with Gasteiger partial charge in [-0.05, 0) is 46.0 Å². The van der Waals surface area contributed by atoms with E-state index < -0.39 is 24.2 Å². The summed E-state index contributed by atoms with van der Waals surface area (Å²) in [5.41, 5.74) is -0.0792. The van der Waals surface area contributed by atoms with Gasteiger partial charge >= 0.3 is 12.1 Å². The first-order valence-electron chi connectivity index (χ1n) is 7.91. The van der Waals surface area contributed by atoms with Crippen LogP contribution in [-0.2, 0) is 14.3 Å². The fraction of sp³-hybridized carbons (Fsp3) is 0.588. The molecule has 1 aromatic rings. The Hall–Kier alpha value is -1.32. The van der Waals surface area contributed by atoms with Crippen LogP contribution in [0.2, 0.25) is 0 Å². The van der Waals surface area contributed by atoms with E-state index in [-0.39, 0.29) is 30.4 Å². The summed E-state index contributed by atoms with van der Waals surface area (Å²) in [7, 11) is 2.56. The molecule has 0 aromatic heterocycles. The van der Waals surface area contributed by atoms with Crippen molar-refractivity contribution in [2.24, 2.45) is 5.92 Å². The molecule has 1 rings (SSSR count). The summed E-state index contributed by atoms with van der Waals surface area (Å²) in [5.74, 6) is -0.522. The van der Waals surface area contributed by atoms with E-state index in [1.807, 2.05) is 13.8 Å². The molecule has 1 aromatic carbocycles. The standard InChI is InChI=1S/C17H23BrF3NO4/c1-10(2)7-13(16(23)25-4)22-15(17(19,20)21)11-5-6-12(18)14(8-11)26-9-24-3/h5-6,8,10,13,15,22H,7,9H2,1-4H3. The molecule has 0 fully saturated rings. The highest BCUT2D eigenvalue weighted by molar-refractivity contribution is 9.10. The summed E-state index contributed by atoms with van der Waals surface area (Å²) in [6.07, 6.45) is -4.40. The van der Waals surface area contributed by atoms with Gasteiger partial charge in [0.05, 0.1) is 11.6 Å². The van der Waals surface area contributed by atoms with Gasteiger partial charge < -0.3 is 14.2 Å². The lowest BCUT2D eigenvalue weighted by atomic mass is 10.00. The molecule has 2 atom stereocenters. The lowest BCUT2D eigenvalue weighted by Gasteiger charge is -2.27. The molecule has 0 aliphatic heterocycles. The molecule has 26 heavy (non-hydrogen) atoms. The van der Waals surface area contributed by atoms with E-state index in [0.29, 0.717) is 4.47 Å². The van der Waals surface area contributed by atoms with E-state index in [4.69, 9.17) is 9.47 Å². The molecule has 5 nitrogen and oxygen atoms in total. The van der Waals surface area contributed by atoms with E-state index in [9.17, 15) is 18.0 Å². The highest BCUT2D eigenvalue weighted by atomic mass is 79.9. The Labute approximate surface area is 159 Å². The summed E-state index contributed by atoms with van der Waals surface area (Å²) in [6, 6.07) is 0.898. The molecular weight excluding hydrogens is 419 g/mol. The van der Waals surface area contributed by atoms with Crippen molar-refractivity contribution in [3.05, 3.63) is 28.2 Å². The minimum absolute atomic E-state index is 0.00555. The van der Waals surface area contributed by atoms with Gasteiger partial charge in [-0.2, -0.15) is 13.2 Å². The van der Waals surface area contributed by atoms with Gasteiger partial charge in [0.2, 0.25) is 0 Å². The van der Waals surface area contributed by atoms with Gasteiger partial charge in [0.15, 0.2) is 6.79 Å². The molecule has 0 radical (unpaired) electrons. The number of hydrogen-bond donors (Lipinski definition) is 1. The number of nitrogens with one attached hydrogen (secondary N) is 1. The summed E-state index contributed by atoms with van der Waals surface area (Å²) < 4.78 is 56.2. The summed E-state index contributed by atoms with van der Waals surface area (Å²) in [5, 5.41) is 2.39. The fourth-order valence-electron chi connectivity index (χ4n) is 2.36. The van der Waals surface area contributed by atoms with Crippen molar-refractivity contribution in [1.29, 1.82) is 0 Å². The normalized spacial score (nSPS) is 14.2. The highest BCUT2D eigenvalue weighted by Crippen LogP contribution is 2.37. The van der Waals surface area contributed by atoms with Crippen LogP contribution in [0, 0.1) is 5.92 Å². The van der Waals surface area contributed by atoms with E-state index >= 15 is 0 Å². The second-order valence-electron chi connectivity index (χ2n) is 6.09. The predicted molar refractivity (Wildman–Crippen MR) is 93.8 cm³/mol. The maximum Gasteiger partial charge on any atom is 0.407 e. The Bertz CT molecular complexity index is 596. The second-order valence-corrected chi connectivity index (χ2v) is 6.94. The van der Waals surface area contributed by atoms with Gasteiger partial charge in [-0.3, -0.25) is 10.1 Å². The highest BCUT2D eigenvalue weighted by Gasteiger charge is 2.43. The number of alkyl halides is 3. The van der Waals surface area contributed by atoms with Crippen molar-refractivity contribution in [2.75, 3.05) is 21.0 Å². The van der Waals surface area contributed by atoms with E-state index in [2.05, 4.69) is 26.0 Å². The Morgan fingerprint density at radius 2 is 1.92 bits per heavy atom. The van der Waals surface area contributed by atoms with Crippen LogP contribution in [0.1, 0.15) is 31.9 Å². The van der Waals surface area contributed by atoms with Gasteiger partial charge in [-0.25, -0.2) is 0 Å². The van der Waals surface area contributed by atoms with Gasteiger partial charge in [0.1, 0.15) is 17.8 Å². The Morgan fingerprint density at radius 3 is 2.42 bits per heavy atom. The van der Waals surface area contributed by atoms with Crippen LogP contribution in [0.3, 0.4) is 0 Å². The summed E-state index contributed by atoms with van der Waals surface area (Å²) >= 11 is 3.22. The molecule has 2 unspecified atom stereocenters. The van der Waals surface area contributed by atoms with Crippen molar-refractivity contribution < 1.29 is 32.2 Å². The smallest absolute Gasteiger partial charge is 0.407 e. The number of hydrogen-bond acceptors (Lipinski definition) is 5. The van der Waals surface area contributed by atoms with Gasteiger partial charge in [0.25, 0.3) is 0 Å². The number of carbonyl (C=O) groups excluding carboxylic acids is 1. The second kappa shape index (κ2) is 10.1. The van der Waals surface area contributed by atoms with Crippen molar-refractivity contribution in [3.63, 3.8) is 0 Å². The third-order valence-corrected chi connectivity index (χ3v) is 4.16. The van der Waals surface area contributed by atoms with E-state index in [1.165, 1.54) is 25.3 Å². The van der Waals surface area contributed by atoms with Crippen molar-refractivity contribution >= 4 is 21.9 Å². The zero-order valence-electron chi connectivity index (χ0n) is 15.0. The number of carbonyl (C=O) groups is 1. The largest absolute Gasteiger partial charge is 0.468 e. The quantitative estimate of drug-likeness (QED) is 0.459. The maximum absolute atomic E-state index is 13.7. The van der Waals surface area contributed by atoms with Crippen LogP contribution >= 0.6 is 15.9 Å². The van der Waals surface area contributed by atoms with Crippen LogP contribution in [0.15, 0.2) is 22.7 Å². The molecule has 0 aliphatic rings. The van der Waals surface area contributed by atoms with Gasteiger partial charge in [-0.15, -0.1) is 0 Å². The first-order chi connectivity index (χ1) is 12.1. The Kier molecular flexibility index (Phi) is 8.85. The minimum Gasteiger partial charge on any atom is -0.468 e. The number of methoxy groups -OCH3 is 2. The number of esters is 1. The minimum atomic E-state index is -4.62. The first kappa shape index (κ1) is 22.7. The van der Waals surface area contributed by atoms with E-state index in [1.54, 1.807) is 0 Å². The van der Waals surface area contributed by atoms with Crippen LogP contribution in [0.4, 0.5) is 13.2 Å². The first-order valence-corrected chi connectivity index (χ1v) is 8.71. The molecule has 0 spiro atoms. The SMILES string of the molecule is COCOc1cc(C(NC(CC(C)C)C(=O)OC)C(F)(F)F)ccc1Br. The topological polar surface area (TPSA) is 56.8 Å². The molecule has 1 N–H and O–H groups in total. The molecule has 0 aliphatic carbocycles. The van der Waals surface area contributed by atoms with Crippen molar-refractivity contribution in [3.8, 4) is 5.75 Å².